The lowest BCUT2D eigenvalue weighted by molar-refractivity contribution is -0.139. The maximum absolute atomic E-state index is 13.2. The van der Waals surface area contributed by atoms with E-state index in [1.165, 1.54) is 11.0 Å². The number of anilines is 1. The fraction of sp³-hybridized carbons (Fsp3) is 0.143. The molecule has 0 saturated carbocycles. The standard InChI is InChI=1S/C21H16I2N2O5S/c1-10-3-11(2)5-13(4-10)25-20(29)14(19(28)24-21(25)31)6-12-7-15(22)18(16(23)8-12)30-9-17(26)27/h3-8H,9H2,1-2H3,(H,26,27)(H,24,28,31)/b14-6+. The Kier molecular flexibility index (Phi) is 7.31. The second-order valence-corrected chi connectivity index (χ2v) is 9.51. The average Bonchev–Trinajstić information content (AvgIpc) is 2.63. The molecule has 1 fully saturated rings. The summed E-state index contributed by atoms with van der Waals surface area (Å²) >= 11 is 9.29. The fourth-order valence-electron chi connectivity index (χ4n) is 3.07. The zero-order valence-electron chi connectivity index (χ0n) is 16.4. The first-order valence-corrected chi connectivity index (χ1v) is 11.5. The first-order chi connectivity index (χ1) is 14.6. The Bertz CT molecular complexity index is 1120. The van der Waals surface area contributed by atoms with Crippen molar-refractivity contribution in [3.05, 3.63) is 59.7 Å². The van der Waals surface area contributed by atoms with Crippen LogP contribution in [0.5, 0.6) is 5.75 Å². The normalized spacial score (nSPS) is 15.3. The lowest BCUT2D eigenvalue weighted by Crippen LogP contribution is -2.54. The number of nitrogens with zero attached hydrogens (tertiary/aromatic N) is 1. The number of benzene rings is 2. The number of amides is 2. The van der Waals surface area contributed by atoms with Crippen molar-refractivity contribution in [1.82, 2.24) is 5.32 Å². The Hall–Kier alpha value is -2.06. The minimum absolute atomic E-state index is 0.0266. The van der Waals surface area contributed by atoms with E-state index in [2.05, 4.69) is 5.32 Å². The van der Waals surface area contributed by atoms with Crippen molar-refractivity contribution >= 4 is 92.1 Å². The van der Waals surface area contributed by atoms with Crippen molar-refractivity contribution in [3.63, 3.8) is 0 Å². The van der Waals surface area contributed by atoms with E-state index >= 15 is 0 Å². The number of rotatable bonds is 5. The molecule has 1 aliphatic heterocycles. The third-order valence-electron chi connectivity index (χ3n) is 4.24. The predicted molar refractivity (Wildman–Crippen MR) is 137 cm³/mol. The molecule has 0 unspecified atom stereocenters. The fourth-order valence-corrected chi connectivity index (χ4v) is 5.48. The topological polar surface area (TPSA) is 95.9 Å². The number of carboxylic acids is 1. The van der Waals surface area contributed by atoms with Gasteiger partial charge in [-0.1, -0.05) is 6.07 Å². The quantitative estimate of drug-likeness (QED) is 0.219. The van der Waals surface area contributed by atoms with Crippen LogP contribution in [0, 0.1) is 21.0 Å². The van der Waals surface area contributed by atoms with E-state index in [4.69, 9.17) is 22.1 Å². The van der Waals surface area contributed by atoms with Crippen LogP contribution in [-0.2, 0) is 14.4 Å². The summed E-state index contributed by atoms with van der Waals surface area (Å²) in [4.78, 5) is 37.8. The number of hydrogen-bond acceptors (Lipinski definition) is 5. The van der Waals surface area contributed by atoms with Gasteiger partial charge in [0.1, 0.15) is 11.3 Å². The van der Waals surface area contributed by atoms with Crippen molar-refractivity contribution in [2.75, 3.05) is 11.5 Å². The van der Waals surface area contributed by atoms with Crippen LogP contribution in [-0.4, -0.2) is 34.6 Å². The number of carbonyl (C=O) groups is 3. The summed E-state index contributed by atoms with van der Waals surface area (Å²) in [6.07, 6.45) is 1.49. The van der Waals surface area contributed by atoms with Gasteiger partial charge < -0.3 is 9.84 Å². The van der Waals surface area contributed by atoms with E-state index in [9.17, 15) is 14.4 Å². The van der Waals surface area contributed by atoms with E-state index in [-0.39, 0.29) is 10.7 Å². The number of aryl methyl sites for hydroxylation is 2. The molecule has 2 aromatic carbocycles. The highest BCUT2D eigenvalue weighted by molar-refractivity contribution is 14.1. The molecule has 0 bridgehead atoms. The molecule has 1 heterocycles. The molecule has 0 aromatic heterocycles. The van der Waals surface area contributed by atoms with Gasteiger partial charge in [0.15, 0.2) is 11.7 Å². The van der Waals surface area contributed by atoms with Crippen molar-refractivity contribution in [2.45, 2.75) is 13.8 Å². The van der Waals surface area contributed by atoms with Gasteiger partial charge in [0, 0.05) is 0 Å². The molecule has 2 N–H and O–H groups in total. The number of nitrogens with one attached hydrogen (secondary N) is 1. The number of carbonyl (C=O) groups excluding carboxylic acids is 2. The molecule has 2 aromatic rings. The highest BCUT2D eigenvalue weighted by Crippen LogP contribution is 2.31. The molecule has 0 atom stereocenters. The molecule has 0 spiro atoms. The van der Waals surface area contributed by atoms with Crippen molar-refractivity contribution < 1.29 is 24.2 Å². The molecule has 3 rings (SSSR count). The molecule has 0 aliphatic carbocycles. The molecule has 7 nitrogen and oxygen atoms in total. The summed E-state index contributed by atoms with van der Waals surface area (Å²) in [5, 5.41) is 11.4. The maximum atomic E-state index is 13.2. The summed E-state index contributed by atoms with van der Waals surface area (Å²) in [5.74, 6) is -1.74. The lowest BCUT2D eigenvalue weighted by atomic mass is 10.1. The van der Waals surface area contributed by atoms with E-state index in [1.807, 2.05) is 77.2 Å². The number of hydrogen-bond donors (Lipinski definition) is 2. The molecular weight excluding hydrogens is 646 g/mol. The van der Waals surface area contributed by atoms with Gasteiger partial charge in [-0.05, 0) is 118 Å². The van der Waals surface area contributed by atoms with Crippen LogP contribution in [0.2, 0.25) is 0 Å². The van der Waals surface area contributed by atoms with E-state index in [0.717, 1.165) is 11.1 Å². The van der Waals surface area contributed by atoms with Gasteiger partial charge in [0.2, 0.25) is 0 Å². The number of aliphatic carboxylic acids is 1. The summed E-state index contributed by atoms with van der Waals surface area (Å²) in [6, 6.07) is 9.05. The van der Waals surface area contributed by atoms with Gasteiger partial charge in [0.05, 0.1) is 12.8 Å². The van der Waals surface area contributed by atoms with Crippen LogP contribution in [0.15, 0.2) is 35.9 Å². The molecular formula is C21H16I2N2O5S. The van der Waals surface area contributed by atoms with E-state index in [0.29, 0.717) is 24.1 Å². The maximum Gasteiger partial charge on any atom is 0.341 e. The Morgan fingerprint density at radius 3 is 2.26 bits per heavy atom. The molecule has 160 valence electrons. The Morgan fingerprint density at radius 1 is 1.13 bits per heavy atom. The van der Waals surface area contributed by atoms with Crippen LogP contribution < -0.4 is 15.0 Å². The van der Waals surface area contributed by atoms with Crippen LogP contribution >= 0.6 is 57.4 Å². The number of halogens is 2. The Balaban J connectivity index is 1.99. The SMILES string of the molecule is Cc1cc(C)cc(N2C(=O)/C(=C/c3cc(I)c(OCC(=O)O)c(I)c3)C(=O)NC2=S)c1. The zero-order valence-corrected chi connectivity index (χ0v) is 21.5. The second kappa shape index (κ2) is 9.61. The predicted octanol–water partition coefficient (Wildman–Crippen LogP) is 3.81. The largest absolute Gasteiger partial charge is 0.480 e. The van der Waals surface area contributed by atoms with E-state index in [1.54, 1.807) is 12.1 Å². The molecule has 31 heavy (non-hydrogen) atoms. The van der Waals surface area contributed by atoms with Gasteiger partial charge >= 0.3 is 5.97 Å². The summed E-state index contributed by atoms with van der Waals surface area (Å²) < 4.78 is 6.63. The zero-order chi connectivity index (χ0) is 22.9. The van der Waals surface area contributed by atoms with Gasteiger partial charge in [-0.3, -0.25) is 19.8 Å². The van der Waals surface area contributed by atoms with Crippen LogP contribution in [0.3, 0.4) is 0 Å². The first-order valence-electron chi connectivity index (χ1n) is 8.90. The molecule has 10 heteroatoms. The molecule has 1 aliphatic rings. The molecule has 0 radical (unpaired) electrons. The number of thiocarbonyl (C=S) groups is 1. The molecule has 1 saturated heterocycles. The van der Waals surface area contributed by atoms with Crippen molar-refractivity contribution in [1.29, 1.82) is 0 Å². The Morgan fingerprint density at radius 2 is 1.71 bits per heavy atom. The van der Waals surface area contributed by atoms with Gasteiger partial charge in [-0.25, -0.2) is 4.79 Å². The highest BCUT2D eigenvalue weighted by atomic mass is 127. The third kappa shape index (κ3) is 5.41. The summed E-state index contributed by atoms with van der Waals surface area (Å²) in [5.41, 5.74) is 3.06. The van der Waals surface area contributed by atoms with Gasteiger partial charge in [0.25, 0.3) is 11.8 Å². The smallest absolute Gasteiger partial charge is 0.341 e. The minimum Gasteiger partial charge on any atom is -0.480 e. The minimum atomic E-state index is -1.08. The first kappa shape index (κ1) is 23.6. The van der Waals surface area contributed by atoms with E-state index < -0.39 is 24.4 Å². The van der Waals surface area contributed by atoms with Crippen LogP contribution in [0.25, 0.3) is 6.08 Å². The third-order valence-corrected chi connectivity index (χ3v) is 6.13. The van der Waals surface area contributed by atoms with Gasteiger partial charge in [-0.2, -0.15) is 0 Å². The monoisotopic (exact) mass is 662 g/mol. The van der Waals surface area contributed by atoms with Crippen LogP contribution in [0.4, 0.5) is 5.69 Å². The molecule has 2 amide bonds. The number of carboxylic acid groups (broad SMARTS) is 1. The second-order valence-electron chi connectivity index (χ2n) is 6.80. The summed E-state index contributed by atoms with van der Waals surface area (Å²) in [7, 11) is 0. The average molecular weight is 662 g/mol. The van der Waals surface area contributed by atoms with Gasteiger partial charge in [-0.15, -0.1) is 0 Å². The number of ether oxygens (including phenoxy) is 1. The lowest BCUT2D eigenvalue weighted by Gasteiger charge is -2.29. The highest BCUT2D eigenvalue weighted by Gasteiger charge is 2.34. The van der Waals surface area contributed by atoms with Crippen molar-refractivity contribution in [2.24, 2.45) is 0 Å². The van der Waals surface area contributed by atoms with Crippen LogP contribution in [0.1, 0.15) is 16.7 Å². The Labute approximate surface area is 211 Å². The van der Waals surface area contributed by atoms with Crippen molar-refractivity contribution in [3.8, 4) is 5.75 Å². The summed E-state index contributed by atoms with van der Waals surface area (Å²) in [6.45, 7) is 3.37.